The van der Waals surface area contributed by atoms with E-state index in [1.54, 1.807) is 6.08 Å². The number of rotatable bonds is 3. The quantitative estimate of drug-likeness (QED) is 0.742. The van der Waals surface area contributed by atoms with Crippen LogP contribution in [0.25, 0.3) is 0 Å². The first-order chi connectivity index (χ1) is 11.3. The molecule has 4 nitrogen and oxygen atoms in total. The Labute approximate surface area is 146 Å². The van der Waals surface area contributed by atoms with Crippen molar-refractivity contribution in [3.8, 4) is 0 Å². The summed E-state index contributed by atoms with van der Waals surface area (Å²) in [5.74, 6) is 0.257. The fraction of sp³-hybridized carbons (Fsp3) is 0.700. The van der Waals surface area contributed by atoms with Crippen molar-refractivity contribution >= 4 is 11.8 Å². The molecule has 0 aromatic heterocycles. The van der Waals surface area contributed by atoms with E-state index in [9.17, 15) is 9.59 Å². The number of nitrogens with zero attached hydrogens (tertiary/aromatic N) is 2. The molecule has 2 aliphatic rings. The third-order valence-electron chi connectivity index (χ3n) is 5.40. The SMILES string of the molecule is CCC(=O)N1CCCN(C(=O)C=CC2=C(C)CCCC2(C)C)CC1. The summed E-state index contributed by atoms with van der Waals surface area (Å²) < 4.78 is 0. The molecule has 1 saturated heterocycles. The van der Waals surface area contributed by atoms with Crippen molar-refractivity contribution < 1.29 is 9.59 Å². The highest BCUT2D eigenvalue weighted by Crippen LogP contribution is 2.40. The van der Waals surface area contributed by atoms with E-state index in [0.717, 1.165) is 25.9 Å². The molecule has 0 spiro atoms. The standard InChI is InChI=1S/C20H32N2O2/c1-5-18(23)21-12-7-13-22(15-14-21)19(24)10-9-17-16(2)8-6-11-20(17,3)4/h9-10H,5-8,11-15H2,1-4H3. The monoisotopic (exact) mass is 332 g/mol. The van der Waals surface area contributed by atoms with Gasteiger partial charge in [-0.25, -0.2) is 0 Å². The lowest BCUT2D eigenvalue weighted by atomic mass is 9.72. The summed E-state index contributed by atoms with van der Waals surface area (Å²) in [4.78, 5) is 28.2. The van der Waals surface area contributed by atoms with E-state index in [2.05, 4.69) is 20.8 Å². The summed E-state index contributed by atoms with van der Waals surface area (Å²) in [6, 6.07) is 0. The minimum Gasteiger partial charge on any atom is -0.341 e. The summed E-state index contributed by atoms with van der Waals surface area (Å²) >= 11 is 0. The first-order valence-corrected chi connectivity index (χ1v) is 9.30. The van der Waals surface area contributed by atoms with Gasteiger partial charge in [-0.05, 0) is 43.6 Å². The minimum absolute atomic E-state index is 0.0717. The molecule has 24 heavy (non-hydrogen) atoms. The van der Waals surface area contributed by atoms with Crippen LogP contribution in [0, 0.1) is 5.41 Å². The van der Waals surface area contributed by atoms with Crippen LogP contribution < -0.4 is 0 Å². The van der Waals surface area contributed by atoms with Crippen molar-refractivity contribution in [1.29, 1.82) is 0 Å². The molecule has 2 amide bonds. The van der Waals surface area contributed by atoms with Crippen LogP contribution in [-0.4, -0.2) is 47.8 Å². The molecule has 1 fully saturated rings. The fourth-order valence-electron chi connectivity index (χ4n) is 3.88. The highest BCUT2D eigenvalue weighted by atomic mass is 16.2. The van der Waals surface area contributed by atoms with Gasteiger partial charge < -0.3 is 9.80 Å². The van der Waals surface area contributed by atoms with Crippen molar-refractivity contribution in [2.75, 3.05) is 26.2 Å². The molecule has 0 aromatic rings. The maximum Gasteiger partial charge on any atom is 0.246 e. The second-order valence-corrected chi connectivity index (χ2v) is 7.68. The zero-order valence-electron chi connectivity index (χ0n) is 15.7. The van der Waals surface area contributed by atoms with Gasteiger partial charge in [0.1, 0.15) is 0 Å². The van der Waals surface area contributed by atoms with E-state index in [0.29, 0.717) is 19.5 Å². The van der Waals surface area contributed by atoms with E-state index in [1.807, 2.05) is 22.8 Å². The molecule has 1 aliphatic heterocycles. The molecule has 1 heterocycles. The van der Waals surface area contributed by atoms with E-state index in [1.165, 1.54) is 24.0 Å². The van der Waals surface area contributed by atoms with Crippen LogP contribution in [-0.2, 0) is 9.59 Å². The van der Waals surface area contributed by atoms with Gasteiger partial charge in [0.25, 0.3) is 0 Å². The number of amides is 2. The highest BCUT2D eigenvalue weighted by Gasteiger charge is 2.27. The Morgan fingerprint density at radius 1 is 1.08 bits per heavy atom. The van der Waals surface area contributed by atoms with Gasteiger partial charge in [0.2, 0.25) is 11.8 Å². The first-order valence-electron chi connectivity index (χ1n) is 9.30. The van der Waals surface area contributed by atoms with Crippen molar-refractivity contribution in [2.24, 2.45) is 5.41 Å². The van der Waals surface area contributed by atoms with Gasteiger partial charge in [-0.3, -0.25) is 9.59 Å². The molecule has 4 heteroatoms. The number of carbonyl (C=O) groups excluding carboxylic acids is 2. The smallest absolute Gasteiger partial charge is 0.246 e. The highest BCUT2D eigenvalue weighted by molar-refractivity contribution is 5.88. The zero-order chi connectivity index (χ0) is 17.7. The molecular weight excluding hydrogens is 300 g/mol. The van der Waals surface area contributed by atoms with E-state index in [-0.39, 0.29) is 17.2 Å². The number of hydrogen-bond donors (Lipinski definition) is 0. The molecule has 1 aliphatic carbocycles. The topological polar surface area (TPSA) is 40.6 Å². The van der Waals surface area contributed by atoms with E-state index < -0.39 is 0 Å². The minimum atomic E-state index is 0.0717. The third-order valence-corrected chi connectivity index (χ3v) is 5.40. The maximum absolute atomic E-state index is 12.6. The van der Waals surface area contributed by atoms with Gasteiger partial charge in [0, 0.05) is 38.7 Å². The largest absolute Gasteiger partial charge is 0.341 e. The van der Waals surface area contributed by atoms with Gasteiger partial charge in [-0.15, -0.1) is 0 Å². The summed E-state index contributed by atoms with van der Waals surface area (Å²) in [6.07, 6.45) is 8.72. The summed E-state index contributed by atoms with van der Waals surface area (Å²) in [5, 5.41) is 0. The second kappa shape index (κ2) is 8.00. The molecule has 0 N–H and O–H groups in total. The number of hydrogen-bond acceptors (Lipinski definition) is 2. The normalized spacial score (nSPS) is 22.0. The molecule has 0 atom stereocenters. The summed E-state index contributed by atoms with van der Waals surface area (Å²) in [5.41, 5.74) is 2.88. The first kappa shape index (κ1) is 18.8. The van der Waals surface area contributed by atoms with Crippen molar-refractivity contribution in [3.05, 3.63) is 23.3 Å². The van der Waals surface area contributed by atoms with Crippen LogP contribution in [0.15, 0.2) is 23.3 Å². The van der Waals surface area contributed by atoms with Gasteiger partial charge in [0.15, 0.2) is 0 Å². The van der Waals surface area contributed by atoms with Crippen LogP contribution in [0.4, 0.5) is 0 Å². The van der Waals surface area contributed by atoms with E-state index >= 15 is 0 Å². The van der Waals surface area contributed by atoms with Gasteiger partial charge >= 0.3 is 0 Å². The Bertz CT molecular complexity index is 546. The van der Waals surface area contributed by atoms with Gasteiger partial charge in [0.05, 0.1) is 0 Å². The lowest BCUT2D eigenvalue weighted by molar-refractivity contribution is -0.131. The molecule has 134 valence electrons. The average molecular weight is 332 g/mol. The van der Waals surface area contributed by atoms with Crippen LogP contribution in [0.3, 0.4) is 0 Å². The van der Waals surface area contributed by atoms with Crippen LogP contribution >= 0.6 is 0 Å². The molecule has 0 saturated carbocycles. The predicted octanol–water partition coefficient (Wildman–Crippen LogP) is 3.54. The fourth-order valence-corrected chi connectivity index (χ4v) is 3.88. The van der Waals surface area contributed by atoms with E-state index in [4.69, 9.17) is 0 Å². The summed E-state index contributed by atoms with van der Waals surface area (Å²) in [7, 11) is 0. The van der Waals surface area contributed by atoms with Gasteiger partial charge in [-0.1, -0.05) is 32.4 Å². The summed E-state index contributed by atoms with van der Waals surface area (Å²) in [6.45, 7) is 11.4. The Morgan fingerprint density at radius 2 is 1.75 bits per heavy atom. The Morgan fingerprint density at radius 3 is 2.42 bits per heavy atom. The van der Waals surface area contributed by atoms with Crippen LogP contribution in [0.1, 0.15) is 59.8 Å². The molecule has 0 unspecified atom stereocenters. The van der Waals surface area contributed by atoms with Gasteiger partial charge in [-0.2, -0.15) is 0 Å². The zero-order valence-corrected chi connectivity index (χ0v) is 15.7. The van der Waals surface area contributed by atoms with Crippen molar-refractivity contribution in [2.45, 2.75) is 59.8 Å². The molecule has 0 bridgehead atoms. The average Bonchev–Trinajstić information content (AvgIpc) is 2.79. The Hall–Kier alpha value is -1.58. The Kier molecular flexibility index (Phi) is 6.25. The lowest BCUT2D eigenvalue weighted by Crippen LogP contribution is -2.36. The van der Waals surface area contributed by atoms with Crippen LogP contribution in [0.2, 0.25) is 0 Å². The van der Waals surface area contributed by atoms with Crippen LogP contribution in [0.5, 0.6) is 0 Å². The molecule has 0 aromatic carbocycles. The maximum atomic E-state index is 12.6. The predicted molar refractivity (Wildman–Crippen MR) is 97.5 cm³/mol. The Balaban J connectivity index is 2.00. The number of carbonyl (C=O) groups is 2. The second-order valence-electron chi connectivity index (χ2n) is 7.68. The van der Waals surface area contributed by atoms with Crippen molar-refractivity contribution in [1.82, 2.24) is 9.80 Å². The third kappa shape index (κ3) is 4.49. The van der Waals surface area contributed by atoms with Crippen molar-refractivity contribution in [3.63, 3.8) is 0 Å². The molecule has 0 radical (unpaired) electrons. The molecule has 2 rings (SSSR count). The lowest BCUT2D eigenvalue weighted by Gasteiger charge is -2.33. The molecular formula is C20H32N2O2. The number of allylic oxidation sites excluding steroid dienone is 3.